The predicted molar refractivity (Wildman–Crippen MR) is 143 cm³/mol. The molecule has 0 saturated carbocycles. The van der Waals surface area contributed by atoms with E-state index in [2.05, 4.69) is 0 Å². The van der Waals surface area contributed by atoms with Crippen LogP contribution in [0.2, 0.25) is 0 Å². The van der Waals surface area contributed by atoms with Crippen LogP contribution >= 0.6 is 0 Å². The zero-order chi connectivity index (χ0) is 26.4. The number of aliphatic hydroxyl groups is 3. The van der Waals surface area contributed by atoms with Gasteiger partial charge in [-0.1, -0.05) is 121 Å². The van der Waals surface area contributed by atoms with Crippen LogP contribution in [0.1, 0.15) is 22.3 Å². The highest BCUT2D eigenvalue weighted by Crippen LogP contribution is 2.41. The normalized spacial score (nSPS) is 23.7. The van der Waals surface area contributed by atoms with Crippen LogP contribution in [-0.4, -0.2) is 52.6 Å². The first-order valence-electron chi connectivity index (χ1n) is 12.8. The molecule has 0 aromatic heterocycles. The summed E-state index contributed by atoms with van der Waals surface area (Å²) in [5.74, 6) is 0. The molecule has 4 aromatic carbocycles. The first kappa shape index (κ1) is 26.3. The Bertz CT molecular complexity index is 1160. The van der Waals surface area contributed by atoms with E-state index >= 15 is 0 Å². The number of hydrogen-bond acceptors (Lipinski definition) is 6. The summed E-state index contributed by atoms with van der Waals surface area (Å²) in [6.07, 6.45) is -6.34. The van der Waals surface area contributed by atoms with Gasteiger partial charge in [-0.05, 0) is 22.3 Å². The van der Waals surface area contributed by atoms with E-state index in [4.69, 9.17) is 14.2 Å². The quantitative estimate of drug-likeness (QED) is 0.294. The average Bonchev–Trinajstić information content (AvgIpc) is 2.99. The van der Waals surface area contributed by atoms with E-state index in [0.29, 0.717) is 0 Å². The van der Waals surface area contributed by atoms with E-state index in [1.807, 2.05) is 121 Å². The number of rotatable bonds is 9. The standard InChI is InChI=1S/C32H32O6/c33-28-27(38-31(30(35)29(28)34)36-21-23-13-5-1-6-14-23)22-37-32(24-15-7-2-8-16-24,25-17-9-3-10-18-25)26-19-11-4-12-20-26/h1-20,27-31,33-35H,21-22H2/t27-,28+,29+,30-,31-/m1/s1. The van der Waals surface area contributed by atoms with Crippen LogP contribution in [0.15, 0.2) is 121 Å². The van der Waals surface area contributed by atoms with Gasteiger partial charge >= 0.3 is 0 Å². The van der Waals surface area contributed by atoms with Gasteiger partial charge in [-0.15, -0.1) is 0 Å². The molecule has 0 unspecified atom stereocenters. The lowest BCUT2D eigenvalue weighted by Crippen LogP contribution is -2.59. The molecule has 1 aliphatic heterocycles. The highest BCUT2D eigenvalue weighted by atomic mass is 16.7. The Balaban J connectivity index is 1.45. The minimum absolute atomic E-state index is 0.0746. The van der Waals surface area contributed by atoms with Gasteiger partial charge in [0.15, 0.2) is 6.29 Å². The third-order valence-corrected chi connectivity index (χ3v) is 6.93. The van der Waals surface area contributed by atoms with Crippen molar-refractivity contribution in [2.75, 3.05) is 6.61 Å². The maximum Gasteiger partial charge on any atom is 0.187 e. The maximum absolute atomic E-state index is 10.8. The van der Waals surface area contributed by atoms with Crippen LogP contribution in [0.25, 0.3) is 0 Å². The van der Waals surface area contributed by atoms with Crippen molar-refractivity contribution in [1.82, 2.24) is 0 Å². The first-order chi connectivity index (χ1) is 18.6. The van der Waals surface area contributed by atoms with E-state index in [1.54, 1.807) is 0 Å². The van der Waals surface area contributed by atoms with Gasteiger partial charge in [-0.3, -0.25) is 0 Å². The van der Waals surface area contributed by atoms with Crippen LogP contribution in [0.4, 0.5) is 0 Å². The molecule has 0 bridgehead atoms. The molecule has 3 N–H and O–H groups in total. The Morgan fingerprint density at radius 1 is 0.579 bits per heavy atom. The number of hydrogen-bond donors (Lipinski definition) is 3. The van der Waals surface area contributed by atoms with Gasteiger partial charge in [-0.2, -0.15) is 0 Å². The van der Waals surface area contributed by atoms with Crippen molar-refractivity contribution in [1.29, 1.82) is 0 Å². The van der Waals surface area contributed by atoms with Crippen molar-refractivity contribution in [3.05, 3.63) is 144 Å². The molecule has 38 heavy (non-hydrogen) atoms. The summed E-state index contributed by atoms with van der Waals surface area (Å²) in [4.78, 5) is 0. The lowest BCUT2D eigenvalue weighted by molar-refractivity contribution is -0.308. The number of ether oxygens (including phenoxy) is 3. The molecule has 5 rings (SSSR count). The molecule has 1 aliphatic rings. The third-order valence-electron chi connectivity index (χ3n) is 6.93. The molecule has 196 valence electrons. The highest BCUT2D eigenvalue weighted by Gasteiger charge is 2.46. The van der Waals surface area contributed by atoms with Gasteiger partial charge in [0.05, 0.1) is 13.2 Å². The predicted octanol–water partition coefficient (Wildman–Crippen LogP) is 4.02. The summed E-state index contributed by atoms with van der Waals surface area (Å²) in [6, 6.07) is 39.1. The maximum atomic E-state index is 10.8. The fourth-order valence-electron chi connectivity index (χ4n) is 4.92. The van der Waals surface area contributed by atoms with E-state index in [9.17, 15) is 15.3 Å². The van der Waals surface area contributed by atoms with Crippen LogP contribution in [0, 0.1) is 0 Å². The van der Waals surface area contributed by atoms with Gasteiger partial charge in [0.2, 0.25) is 0 Å². The van der Waals surface area contributed by atoms with Crippen molar-refractivity contribution in [3.8, 4) is 0 Å². The average molecular weight is 513 g/mol. The molecule has 1 fully saturated rings. The van der Waals surface area contributed by atoms with Gasteiger partial charge in [0, 0.05) is 0 Å². The second-order valence-electron chi connectivity index (χ2n) is 9.40. The summed E-state index contributed by atoms with van der Waals surface area (Å²) in [5, 5.41) is 32.1. The summed E-state index contributed by atoms with van der Waals surface area (Å²) >= 11 is 0. The number of benzene rings is 4. The minimum atomic E-state index is -1.46. The fourth-order valence-corrected chi connectivity index (χ4v) is 4.92. The number of aliphatic hydroxyl groups excluding tert-OH is 3. The molecule has 0 amide bonds. The fraction of sp³-hybridized carbons (Fsp3) is 0.250. The molecule has 4 aromatic rings. The summed E-state index contributed by atoms with van der Waals surface area (Å²) in [7, 11) is 0. The van der Waals surface area contributed by atoms with Crippen molar-refractivity contribution in [2.45, 2.75) is 42.9 Å². The SMILES string of the molecule is O[C@H]1[C@@H](O)[C@@H](COC(c2ccccc2)(c2ccccc2)c2ccccc2)O[C@@H](OCc2ccccc2)[C@@H]1O. The minimum Gasteiger partial charge on any atom is -0.387 e. The first-order valence-corrected chi connectivity index (χ1v) is 12.8. The van der Waals surface area contributed by atoms with Crippen LogP contribution in [0.3, 0.4) is 0 Å². The Morgan fingerprint density at radius 3 is 1.50 bits per heavy atom. The molecule has 6 heteroatoms. The molecule has 6 nitrogen and oxygen atoms in total. The molecule has 0 aliphatic carbocycles. The third kappa shape index (κ3) is 5.42. The smallest absolute Gasteiger partial charge is 0.187 e. The van der Waals surface area contributed by atoms with Gasteiger partial charge in [0.1, 0.15) is 30.0 Å². The molecule has 1 saturated heterocycles. The van der Waals surface area contributed by atoms with E-state index in [0.717, 1.165) is 22.3 Å². The van der Waals surface area contributed by atoms with Crippen molar-refractivity contribution in [2.24, 2.45) is 0 Å². The Hall–Kier alpha value is -3.36. The monoisotopic (exact) mass is 512 g/mol. The Kier molecular flexibility index (Phi) is 8.29. The van der Waals surface area contributed by atoms with Gasteiger partial charge in [0.25, 0.3) is 0 Å². The van der Waals surface area contributed by atoms with E-state index < -0.39 is 36.3 Å². The topological polar surface area (TPSA) is 88.4 Å². The van der Waals surface area contributed by atoms with Crippen LogP contribution in [0.5, 0.6) is 0 Å². The lowest BCUT2D eigenvalue weighted by Gasteiger charge is -2.42. The zero-order valence-corrected chi connectivity index (χ0v) is 20.9. The van der Waals surface area contributed by atoms with Crippen molar-refractivity contribution < 1.29 is 29.5 Å². The summed E-state index contributed by atoms with van der Waals surface area (Å²) < 4.78 is 18.6. The molecule has 0 spiro atoms. The summed E-state index contributed by atoms with van der Waals surface area (Å²) in [6.45, 7) is 0.107. The molecule has 5 atom stereocenters. The van der Waals surface area contributed by atoms with Crippen molar-refractivity contribution in [3.63, 3.8) is 0 Å². The van der Waals surface area contributed by atoms with Crippen LogP contribution in [-0.2, 0) is 26.4 Å². The lowest BCUT2D eigenvalue weighted by atomic mass is 9.80. The highest BCUT2D eigenvalue weighted by molar-refractivity contribution is 5.47. The van der Waals surface area contributed by atoms with Gasteiger partial charge in [-0.25, -0.2) is 0 Å². The summed E-state index contributed by atoms with van der Waals surface area (Å²) in [5.41, 5.74) is 2.59. The van der Waals surface area contributed by atoms with Crippen LogP contribution < -0.4 is 0 Å². The van der Waals surface area contributed by atoms with E-state index in [-0.39, 0.29) is 13.2 Å². The van der Waals surface area contributed by atoms with Gasteiger partial charge < -0.3 is 29.5 Å². The zero-order valence-electron chi connectivity index (χ0n) is 20.9. The second-order valence-corrected chi connectivity index (χ2v) is 9.40. The molecular formula is C32H32O6. The Labute approximate surface area is 222 Å². The molecule has 1 heterocycles. The van der Waals surface area contributed by atoms with E-state index in [1.165, 1.54) is 0 Å². The second kappa shape index (κ2) is 12.0. The van der Waals surface area contributed by atoms with Crippen molar-refractivity contribution >= 4 is 0 Å². The molecular weight excluding hydrogens is 480 g/mol. The largest absolute Gasteiger partial charge is 0.387 e. The molecule has 0 radical (unpaired) electrons. The Morgan fingerprint density at radius 2 is 1.03 bits per heavy atom.